The Balaban J connectivity index is 3.48. The van der Waals surface area contributed by atoms with Gasteiger partial charge in [-0.1, -0.05) is 6.92 Å². The molecule has 0 rings (SSSR count). The smallest absolute Gasteiger partial charge is 0.320 e. The van der Waals surface area contributed by atoms with E-state index in [4.69, 9.17) is 14.6 Å². The molecule has 1 unspecified atom stereocenters. The molecule has 0 aliphatic heterocycles. The molecule has 0 spiro atoms. The SMILES string of the molecule is CCCNC(CCOCCOCC)C(=O)O. The summed E-state index contributed by atoms with van der Waals surface area (Å²) >= 11 is 0. The Kier molecular flexibility index (Phi) is 10.4. The summed E-state index contributed by atoms with van der Waals surface area (Å²) in [5.41, 5.74) is 0. The summed E-state index contributed by atoms with van der Waals surface area (Å²) in [5.74, 6) is -0.818. The van der Waals surface area contributed by atoms with Gasteiger partial charge in [0.05, 0.1) is 13.2 Å². The quantitative estimate of drug-likeness (QED) is 0.519. The minimum atomic E-state index is -0.818. The molecule has 0 aliphatic rings. The van der Waals surface area contributed by atoms with Crippen molar-refractivity contribution in [2.45, 2.75) is 32.7 Å². The van der Waals surface area contributed by atoms with E-state index < -0.39 is 12.0 Å². The largest absolute Gasteiger partial charge is 0.480 e. The predicted octanol–water partition coefficient (Wildman–Crippen LogP) is 0.882. The van der Waals surface area contributed by atoms with Gasteiger partial charge in [-0.3, -0.25) is 4.79 Å². The van der Waals surface area contributed by atoms with Gasteiger partial charge in [0.15, 0.2) is 0 Å². The van der Waals surface area contributed by atoms with E-state index in [-0.39, 0.29) is 0 Å². The Morgan fingerprint density at radius 3 is 2.50 bits per heavy atom. The van der Waals surface area contributed by atoms with Gasteiger partial charge in [0.1, 0.15) is 6.04 Å². The number of carboxylic acid groups (broad SMARTS) is 1. The average Bonchev–Trinajstić information content (AvgIpc) is 2.26. The zero-order valence-electron chi connectivity index (χ0n) is 10.2. The highest BCUT2D eigenvalue weighted by molar-refractivity contribution is 5.73. The first-order valence-corrected chi connectivity index (χ1v) is 5.84. The van der Waals surface area contributed by atoms with Crippen LogP contribution in [-0.2, 0) is 14.3 Å². The minimum absolute atomic E-state index is 0.445. The monoisotopic (exact) mass is 233 g/mol. The van der Waals surface area contributed by atoms with Crippen LogP contribution in [0.5, 0.6) is 0 Å². The van der Waals surface area contributed by atoms with E-state index in [1.54, 1.807) is 0 Å². The van der Waals surface area contributed by atoms with Crippen molar-refractivity contribution in [1.29, 1.82) is 0 Å². The first-order valence-electron chi connectivity index (χ1n) is 5.84. The average molecular weight is 233 g/mol. The third kappa shape index (κ3) is 8.64. The lowest BCUT2D eigenvalue weighted by Crippen LogP contribution is -2.38. The molecule has 0 saturated heterocycles. The van der Waals surface area contributed by atoms with E-state index in [0.717, 1.165) is 13.0 Å². The lowest BCUT2D eigenvalue weighted by molar-refractivity contribution is -0.140. The predicted molar refractivity (Wildman–Crippen MR) is 61.6 cm³/mol. The summed E-state index contributed by atoms with van der Waals surface area (Å²) in [6.45, 7) is 6.86. The van der Waals surface area contributed by atoms with Crippen LogP contribution in [0.4, 0.5) is 0 Å². The molecule has 0 amide bonds. The second kappa shape index (κ2) is 10.9. The second-order valence-electron chi connectivity index (χ2n) is 3.44. The number of hydrogen-bond donors (Lipinski definition) is 2. The van der Waals surface area contributed by atoms with Crippen LogP contribution in [0.3, 0.4) is 0 Å². The van der Waals surface area contributed by atoms with Gasteiger partial charge in [0, 0.05) is 13.2 Å². The van der Waals surface area contributed by atoms with E-state index >= 15 is 0 Å². The van der Waals surface area contributed by atoms with E-state index in [1.165, 1.54) is 0 Å². The molecule has 0 aliphatic carbocycles. The van der Waals surface area contributed by atoms with Gasteiger partial charge in [-0.15, -0.1) is 0 Å². The summed E-state index contributed by atoms with van der Waals surface area (Å²) in [5, 5.41) is 11.9. The Hall–Kier alpha value is -0.650. The Labute approximate surface area is 97.1 Å². The summed E-state index contributed by atoms with van der Waals surface area (Å²) < 4.78 is 10.4. The highest BCUT2D eigenvalue weighted by Crippen LogP contribution is 1.94. The minimum Gasteiger partial charge on any atom is -0.480 e. The lowest BCUT2D eigenvalue weighted by atomic mass is 10.2. The molecule has 0 radical (unpaired) electrons. The molecule has 16 heavy (non-hydrogen) atoms. The van der Waals surface area contributed by atoms with Gasteiger partial charge in [0.2, 0.25) is 0 Å². The summed E-state index contributed by atoms with van der Waals surface area (Å²) in [6, 6.07) is -0.507. The van der Waals surface area contributed by atoms with E-state index in [9.17, 15) is 4.79 Å². The molecule has 5 nitrogen and oxygen atoms in total. The molecule has 0 saturated carbocycles. The Morgan fingerprint density at radius 1 is 1.25 bits per heavy atom. The number of carbonyl (C=O) groups is 1. The van der Waals surface area contributed by atoms with Crippen LogP contribution in [0.1, 0.15) is 26.7 Å². The maximum absolute atomic E-state index is 10.8. The number of carboxylic acids is 1. The molecule has 0 aromatic heterocycles. The number of nitrogens with one attached hydrogen (secondary N) is 1. The van der Waals surface area contributed by atoms with Crippen molar-refractivity contribution >= 4 is 5.97 Å². The zero-order valence-corrected chi connectivity index (χ0v) is 10.2. The van der Waals surface area contributed by atoms with Crippen molar-refractivity contribution in [2.75, 3.05) is 33.0 Å². The Morgan fingerprint density at radius 2 is 1.94 bits per heavy atom. The highest BCUT2D eigenvalue weighted by Gasteiger charge is 2.15. The van der Waals surface area contributed by atoms with Crippen LogP contribution in [-0.4, -0.2) is 50.1 Å². The zero-order chi connectivity index (χ0) is 12.2. The van der Waals surface area contributed by atoms with Crippen molar-refractivity contribution in [3.05, 3.63) is 0 Å². The van der Waals surface area contributed by atoms with Crippen LogP contribution in [0.25, 0.3) is 0 Å². The summed E-state index contributed by atoms with van der Waals surface area (Å²) in [4.78, 5) is 10.8. The maximum Gasteiger partial charge on any atom is 0.320 e. The standard InChI is InChI=1S/C11H23NO4/c1-3-6-12-10(11(13)14)5-7-16-9-8-15-4-2/h10,12H,3-9H2,1-2H3,(H,13,14). The lowest BCUT2D eigenvalue weighted by Gasteiger charge is -2.13. The van der Waals surface area contributed by atoms with Crippen LogP contribution in [0.15, 0.2) is 0 Å². The first kappa shape index (κ1) is 15.3. The third-order valence-electron chi connectivity index (χ3n) is 2.07. The number of ether oxygens (including phenoxy) is 2. The molecule has 0 bridgehead atoms. The number of rotatable bonds is 11. The van der Waals surface area contributed by atoms with Crippen LogP contribution in [0, 0.1) is 0 Å². The van der Waals surface area contributed by atoms with Gasteiger partial charge in [-0.05, 0) is 26.3 Å². The van der Waals surface area contributed by atoms with Gasteiger partial charge in [-0.2, -0.15) is 0 Å². The van der Waals surface area contributed by atoms with Crippen molar-refractivity contribution in [1.82, 2.24) is 5.32 Å². The van der Waals surface area contributed by atoms with Crippen LogP contribution < -0.4 is 5.32 Å². The molecule has 96 valence electrons. The Bertz CT molecular complexity index is 175. The maximum atomic E-state index is 10.8. The van der Waals surface area contributed by atoms with Gasteiger partial charge < -0.3 is 19.9 Å². The molecular weight excluding hydrogens is 210 g/mol. The second-order valence-corrected chi connectivity index (χ2v) is 3.44. The highest BCUT2D eigenvalue weighted by atomic mass is 16.5. The molecule has 1 atom stereocenters. The molecule has 0 fully saturated rings. The molecule has 5 heteroatoms. The molecular formula is C11H23NO4. The summed E-state index contributed by atoms with van der Waals surface area (Å²) in [7, 11) is 0. The topological polar surface area (TPSA) is 67.8 Å². The van der Waals surface area contributed by atoms with Crippen molar-refractivity contribution < 1.29 is 19.4 Å². The van der Waals surface area contributed by atoms with E-state index in [0.29, 0.717) is 32.8 Å². The van der Waals surface area contributed by atoms with Gasteiger partial charge in [-0.25, -0.2) is 0 Å². The van der Waals surface area contributed by atoms with Crippen molar-refractivity contribution in [3.63, 3.8) is 0 Å². The number of hydrogen-bond acceptors (Lipinski definition) is 4. The van der Waals surface area contributed by atoms with Crippen LogP contribution >= 0.6 is 0 Å². The van der Waals surface area contributed by atoms with E-state index in [2.05, 4.69) is 5.32 Å². The van der Waals surface area contributed by atoms with Gasteiger partial charge >= 0.3 is 5.97 Å². The van der Waals surface area contributed by atoms with Gasteiger partial charge in [0.25, 0.3) is 0 Å². The van der Waals surface area contributed by atoms with Crippen molar-refractivity contribution in [2.24, 2.45) is 0 Å². The normalized spacial score (nSPS) is 12.6. The van der Waals surface area contributed by atoms with Crippen molar-refractivity contribution in [3.8, 4) is 0 Å². The number of aliphatic carboxylic acids is 1. The molecule has 2 N–H and O–H groups in total. The fourth-order valence-corrected chi connectivity index (χ4v) is 1.20. The van der Waals surface area contributed by atoms with Crippen LogP contribution in [0.2, 0.25) is 0 Å². The molecule has 0 heterocycles. The molecule has 0 aromatic rings. The fraction of sp³-hybridized carbons (Fsp3) is 0.909. The first-order chi connectivity index (χ1) is 7.72. The molecule has 0 aromatic carbocycles. The summed E-state index contributed by atoms with van der Waals surface area (Å²) in [6.07, 6.45) is 1.41. The fourth-order valence-electron chi connectivity index (χ4n) is 1.20. The van der Waals surface area contributed by atoms with E-state index in [1.807, 2.05) is 13.8 Å². The third-order valence-corrected chi connectivity index (χ3v) is 2.07.